The average Bonchev–Trinajstić information content (AvgIpc) is 2.55. The lowest BCUT2D eigenvalue weighted by Crippen LogP contribution is -2.36. The summed E-state index contributed by atoms with van der Waals surface area (Å²) >= 11 is 1.50. The van der Waals surface area contributed by atoms with Crippen molar-refractivity contribution in [1.82, 2.24) is 9.97 Å². The SMILES string of the molecule is CSc1nc(NN)cc(N2CCN(C)c3ccccc32)n1. The highest BCUT2D eigenvalue weighted by Crippen LogP contribution is 2.36. The van der Waals surface area contributed by atoms with Crippen LogP contribution in [0, 0.1) is 0 Å². The van der Waals surface area contributed by atoms with Crippen molar-refractivity contribution in [3.05, 3.63) is 30.3 Å². The molecular weight excluding hydrogens is 284 g/mol. The van der Waals surface area contributed by atoms with Crippen LogP contribution in [0.3, 0.4) is 0 Å². The molecule has 1 aromatic carbocycles. The van der Waals surface area contributed by atoms with Crippen molar-refractivity contribution in [3.63, 3.8) is 0 Å². The second-order valence-electron chi connectivity index (χ2n) is 4.80. The van der Waals surface area contributed by atoms with E-state index in [2.05, 4.69) is 50.4 Å². The summed E-state index contributed by atoms with van der Waals surface area (Å²) in [6.07, 6.45) is 1.96. The number of nitrogens with two attached hydrogens (primary N) is 1. The monoisotopic (exact) mass is 302 g/mol. The molecule has 7 heteroatoms. The fraction of sp³-hybridized carbons (Fsp3) is 0.286. The molecule has 0 fully saturated rings. The van der Waals surface area contributed by atoms with Crippen LogP contribution in [0.5, 0.6) is 0 Å². The highest BCUT2D eigenvalue weighted by molar-refractivity contribution is 7.98. The highest BCUT2D eigenvalue weighted by atomic mass is 32.2. The summed E-state index contributed by atoms with van der Waals surface area (Å²) in [5, 5.41) is 0.705. The zero-order valence-corrected chi connectivity index (χ0v) is 12.9. The normalized spacial score (nSPS) is 14.0. The summed E-state index contributed by atoms with van der Waals surface area (Å²) in [4.78, 5) is 13.4. The van der Waals surface area contributed by atoms with Gasteiger partial charge in [-0.15, -0.1) is 0 Å². The molecule has 0 radical (unpaired) electrons. The third-order valence-corrected chi connectivity index (χ3v) is 4.09. The van der Waals surface area contributed by atoms with Gasteiger partial charge < -0.3 is 15.2 Å². The second kappa shape index (κ2) is 5.79. The first-order valence-electron chi connectivity index (χ1n) is 6.70. The molecule has 110 valence electrons. The van der Waals surface area contributed by atoms with Gasteiger partial charge in [0, 0.05) is 26.2 Å². The summed E-state index contributed by atoms with van der Waals surface area (Å²) < 4.78 is 0. The largest absolute Gasteiger partial charge is 0.371 e. The van der Waals surface area contributed by atoms with Crippen LogP contribution in [-0.4, -0.2) is 36.4 Å². The molecule has 0 unspecified atom stereocenters. The van der Waals surface area contributed by atoms with Gasteiger partial charge in [0.05, 0.1) is 11.4 Å². The average molecular weight is 302 g/mol. The standard InChI is InChI=1S/C14H18N6S/c1-19-7-8-20(11-6-4-3-5-10(11)19)13-9-12(18-15)16-14(17-13)21-2/h3-6,9H,7-8,15H2,1-2H3,(H,16,17,18). The summed E-state index contributed by atoms with van der Waals surface area (Å²) in [5.74, 6) is 7.00. The molecule has 3 rings (SSSR count). The molecule has 0 atom stereocenters. The van der Waals surface area contributed by atoms with Gasteiger partial charge in [-0.05, 0) is 18.4 Å². The molecule has 1 aliphatic heterocycles. The van der Waals surface area contributed by atoms with Crippen molar-refractivity contribution >= 4 is 34.8 Å². The Hall–Kier alpha value is -1.99. The number of benzene rings is 1. The van der Waals surface area contributed by atoms with E-state index >= 15 is 0 Å². The third kappa shape index (κ3) is 2.62. The zero-order chi connectivity index (χ0) is 14.8. The molecule has 1 aromatic heterocycles. The van der Waals surface area contributed by atoms with Gasteiger partial charge in [0.15, 0.2) is 5.16 Å². The van der Waals surface area contributed by atoms with E-state index in [1.165, 1.54) is 17.4 Å². The van der Waals surface area contributed by atoms with Crippen molar-refractivity contribution < 1.29 is 0 Å². The van der Waals surface area contributed by atoms with Crippen LogP contribution in [0.15, 0.2) is 35.5 Å². The van der Waals surface area contributed by atoms with E-state index in [1.54, 1.807) is 0 Å². The Balaban J connectivity index is 2.07. The molecule has 6 nitrogen and oxygen atoms in total. The number of hydrogen-bond acceptors (Lipinski definition) is 7. The number of para-hydroxylation sites is 2. The lowest BCUT2D eigenvalue weighted by molar-refractivity contribution is 0.802. The number of hydrazine groups is 1. The van der Waals surface area contributed by atoms with Gasteiger partial charge in [-0.3, -0.25) is 0 Å². The molecule has 2 aromatic rings. The summed E-state index contributed by atoms with van der Waals surface area (Å²) in [5.41, 5.74) is 4.97. The van der Waals surface area contributed by atoms with Gasteiger partial charge in [-0.25, -0.2) is 15.8 Å². The molecule has 0 spiro atoms. The quantitative estimate of drug-likeness (QED) is 0.389. The first-order valence-corrected chi connectivity index (χ1v) is 7.93. The maximum Gasteiger partial charge on any atom is 0.191 e. The van der Waals surface area contributed by atoms with Crippen molar-refractivity contribution in [1.29, 1.82) is 0 Å². The van der Waals surface area contributed by atoms with Crippen LogP contribution in [0.2, 0.25) is 0 Å². The van der Waals surface area contributed by atoms with Crippen LogP contribution in [0.25, 0.3) is 0 Å². The molecule has 3 N–H and O–H groups in total. The van der Waals surface area contributed by atoms with Crippen molar-refractivity contribution in [2.24, 2.45) is 5.84 Å². The minimum atomic E-state index is 0.626. The van der Waals surface area contributed by atoms with Crippen molar-refractivity contribution in [3.8, 4) is 0 Å². The highest BCUT2D eigenvalue weighted by Gasteiger charge is 2.22. The van der Waals surface area contributed by atoms with Gasteiger partial charge in [-0.1, -0.05) is 23.9 Å². The first kappa shape index (κ1) is 14.0. The number of likely N-dealkylation sites (N-methyl/N-ethyl adjacent to an activating group) is 1. The predicted molar refractivity (Wildman–Crippen MR) is 88.3 cm³/mol. The number of fused-ring (bicyclic) bond motifs is 1. The van der Waals surface area contributed by atoms with Crippen LogP contribution >= 0.6 is 11.8 Å². The van der Waals surface area contributed by atoms with Crippen LogP contribution < -0.4 is 21.1 Å². The summed E-state index contributed by atoms with van der Waals surface area (Å²) in [7, 11) is 2.11. The predicted octanol–water partition coefficient (Wildman–Crippen LogP) is 2.07. The molecule has 1 aliphatic rings. The van der Waals surface area contributed by atoms with E-state index in [1.807, 2.05) is 18.4 Å². The molecule has 2 heterocycles. The molecule has 21 heavy (non-hydrogen) atoms. The summed E-state index contributed by atoms with van der Waals surface area (Å²) in [6.45, 7) is 1.82. The zero-order valence-electron chi connectivity index (χ0n) is 12.1. The Morgan fingerprint density at radius 3 is 2.67 bits per heavy atom. The minimum Gasteiger partial charge on any atom is -0.371 e. The second-order valence-corrected chi connectivity index (χ2v) is 5.58. The molecule has 0 bridgehead atoms. The lowest BCUT2D eigenvalue weighted by Gasteiger charge is -2.36. The van der Waals surface area contributed by atoms with Gasteiger partial charge in [0.2, 0.25) is 0 Å². The Morgan fingerprint density at radius 2 is 1.95 bits per heavy atom. The first-order chi connectivity index (χ1) is 10.2. The van der Waals surface area contributed by atoms with Crippen LogP contribution in [0.1, 0.15) is 0 Å². The summed E-state index contributed by atoms with van der Waals surface area (Å²) in [6, 6.07) is 10.2. The number of aromatic nitrogens is 2. The fourth-order valence-electron chi connectivity index (χ4n) is 2.46. The van der Waals surface area contributed by atoms with Crippen molar-refractivity contribution in [2.75, 3.05) is 41.6 Å². The molecular formula is C14H18N6S. The van der Waals surface area contributed by atoms with Gasteiger partial charge in [0.1, 0.15) is 11.6 Å². The Morgan fingerprint density at radius 1 is 1.19 bits per heavy atom. The van der Waals surface area contributed by atoms with E-state index in [4.69, 9.17) is 5.84 Å². The van der Waals surface area contributed by atoms with E-state index in [-0.39, 0.29) is 0 Å². The topological polar surface area (TPSA) is 70.3 Å². The number of rotatable bonds is 3. The number of nitrogen functional groups attached to an aromatic ring is 1. The minimum absolute atomic E-state index is 0.626. The number of nitrogens with zero attached hydrogens (tertiary/aromatic N) is 4. The van der Waals surface area contributed by atoms with E-state index in [9.17, 15) is 0 Å². The molecule has 0 saturated carbocycles. The molecule has 0 amide bonds. The van der Waals surface area contributed by atoms with Crippen LogP contribution in [-0.2, 0) is 0 Å². The van der Waals surface area contributed by atoms with Gasteiger partial charge >= 0.3 is 0 Å². The van der Waals surface area contributed by atoms with E-state index < -0.39 is 0 Å². The maximum absolute atomic E-state index is 5.51. The number of nitrogens with one attached hydrogen (secondary N) is 1. The lowest BCUT2D eigenvalue weighted by atomic mass is 10.1. The van der Waals surface area contributed by atoms with E-state index in [0.717, 1.165) is 24.6 Å². The maximum atomic E-state index is 5.51. The number of hydrogen-bond donors (Lipinski definition) is 2. The Bertz CT molecular complexity index is 625. The number of anilines is 4. The van der Waals surface area contributed by atoms with Crippen LogP contribution in [0.4, 0.5) is 23.0 Å². The Labute approximate surface area is 128 Å². The van der Waals surface area contributed by atoms with Gasteiger partial charge in [-0.2, -0.15) is 0 Å². The Kier molecular flexibility index (Phi) is 3.85. The van der Waals surface area contributed by atoms with E-state index in [0.29, 0.717) is 11.0 Å². The molecule has 0 saturated heterocycles. The van der Waals surface area contributed by atoms with Gasteiger partial charge in [0.25, 0.3) is 0 Å². The van der Waals surface area contributed by atoms with Crippen molar-refractivity contribution in [2.45, 2.75) is 5.16 Å². The smallest absolute Gasteiger partial charge is 0.191 e. The number of thioether (sulfide) groups is 1. The molecule has 0 aliphatic carbocycles. The fourth-order valence-corrected chi connectivity index (χ4v) is 2.83. The third-order valence-electron chi connectivity index (χ3n) is 3.54.